The van der Waals surface area contributed by atoms with Gasteiger partial charge in [-0.25, -0.2) is 4.39 Å². The van der Waals surface area contributed by atoms with Crippen LogP contribution < -0.4 is 0 Å². The van der Waals surface area contributed by atoms with Crippen molar-refractivity contribution < 1.29 is 9.50 Å². The summed E-state index contributed by atoms with van der Waals surface area (Å²) < 4.78 is 14.4. The predicted molar refractivity (Wildman–Crippen MR) is 64.4 cm³/mol. The molecule has 1 heterocycles. The minimum atomic E-state index is -0.554. The fraction of sp³-hybridized carbons (Fsp3) is 0.455. The van der Waals surface area contributed by atoms with Crippen LogP contribution in [0.2, 0.25) is 0 Å². The summed E-state index contributed by atoms with van der Waals surface area (Å²) >= 11 is 4.93. The molecule has 0 saturated carbocycles. The van der Waals surface area contributed by atoms with Gasteiger partial charge in [0.15, 0.2) is 0 Å². The van der Waals surface area contributed by atoms with Crippen LogP contribution in [0.5, 0.6) is 0 Å². The van der Waals surface area contributed by atoms with E-state index in [1.54, 1.807) is 11.8 Å². The summed E-state index contributed by atoms with van der Waals surface area (Å²) in [6.07, 6.45) is -0.554. The molecule has 0 aliphatic carbocycles. The first kappa shape index (κ1) is 11.4. The van der Waals surface area contributed by atoms with Gasteiger partial charge in [0.25, 0.3) is 0 Å². The predicted octanol–water partition coefficient (Wildman–Crippen LogP) is 3.50. The highest BCUT2D eigenvalue weighted by Crippen LogP contribution is 2.36. The summed E-state index contributed by atoms with van der Waals surface area (Å²) in [7, 11) is 0. The highest BCUT2D eigenvalue weighted by molar-refractivity contribution is 9.10. The van der Waals surface area contributed by atoms with Gasteiger partial charge in [0.05, 0.1) is 6.10 Å². The molecule has 0 bridgehead atoms. The van der Waals surface area contributed by atoms with Crippen LogP contribution in [0.25, 0.3) is 0 Å². The van der Waals surface area contributed by atoms with Gasteiger partial charge in [0.1, 0.15) is 5.82 Å². The Morgan fingerprint density at radius 3 is 3.00 bits per heavy atom. The van der Waals surface area contributed by atoms with E-state index in [1.165, 1.54) is 6.07 Å². The summed E-state index contributed by atoms with van der Waals surface area (Å²) in [4.78, 5) is 0. The van der Waals surface area contributed by atoms with Crippen molar-refractivity contribution in [1.82, 2.24) is 0 Å². The third-order valence-corrected chi connectivity index (χ3v) is 4.39. The monoisotopic (exact) mass is 290 g/mol. The van der Waals surface area contributed by atoms with Crippen molar-refractivity contribution in [3.05, 3.63) is 33.5 Å². The second kappa shape index (κ2) is 4.44. The Hall–Kier alpha value is -0.0600. The molecular weight excluding hydrogens is 279 g/mol. The highest BCUT2D eigenvalue weighted by Gasteiger charge is 2.25. The summed E-state index contributed by atoms with van der Waals surface area (Å²) in [5, 5.41) is 10.1. The van der Waals surface area contributed by atoms with E-state index in [-0.39, 0.29) is 11.7 Å². The van der Waals surface area contributed by atoms with Crippen molar-refractivity contribution in [2.45, 2.75) is 18.8 Å². The van der Waals surface area contributed by atoms with E-state index >= 15 is 0 Å². The van der Waals surface area contributed by atoms with E-state index < -0.39 is 6.10 Å². The maximum atomic E-state index is 13.7. The van der Waals surface area contributed by atoms with E-state index in [9.17, 15) is 9.50 Å². The summed E-state index contributed by atoms with van der Waals surface area (Å²) in [5.41, 5.74) is 1.39. The van der Waals surface area contributed by atoms with Gasteiger partial charge in [-0.1, -0.05) is 22.9 Å². The zero-order valence-corrected chi connectivity index (χ0v) is 10.7. The van der Waals surface area contributed by atoms with Crippen LogP contribution >= 0.6 is 27.7 Å². The molecule has 1 nitrogen and oxygen atoms in total. The fourth-order valence-corrected chi connectivity index (χ4v) is 3.41. The lowest BCUT2D eigenvalue weighted by molar-refractivity contribution is 0.129. The van der Waals surface area contributed by atoms with Crippen molar-refractivity contribution in [3.63, 3.8) is 0 Å². The Morgan fingerprint density at radius 2 is 2.27 bits per heavy atom. The number of benzene rings is 1. The molecule has 0 amide bonds. The molecule has 0 spiro atoms. The van der Waals surface area contributed by atoms with Gasteiger partial charge >= 0.3 is 0 Å². The van der Waals surface area contributed by atoms with Crippen molar-refractivity contribution in [2.75, 3.05) is 5.75 Å². The molecule has 1 aliphatic rings. The standard InChI is InChI=1S/C11H12BrFOS/c1-6-4-15-5-9-8(11(6)14)2-7(12)3-10(9)13/h2-3,6,11,14H,4-5H2,1H3. The number of halogens is 2. The van der Waals surface area contributed by atoms with Crippen molar-refractivity contribution >= 4 is 27.7 Å². The van der Waals surface area contributed by atoms with Gasteiger partial charge in [0, 0.05) is 15.8 Å². The van der Waals surface area contributed by atoms with Crippen LogP contribution in [0, 0.1) is 11.7 Å². The van der Waals surface area contributed by atoms with Gasteiger partial charge in [-0.05, 0) is 29.4 Å². The molecule has 15 heavy (non-hydrogen) atoms. The highest BCUT2D eigenvalue weighted by atomic mass is 79.9. The van der Waals surface area contributed by atoms with Crippen LogP contribution in [-0.2, 0) is 5.75 Å². The third kappa shape index (κ3) is 2.22. The third-order valence-electron chi connectivity index (χ3n) is 2.68. The van der Waals surface area contributed by atoms with E-state index in [2.05, 4.69) is 15.9 Å². The molecule has 4 heteroatoms. The molecule has 2 atom stereocenters. The van der Waals surface area contributed by atoms with Crippen LogP contribution in [0.1, 0.15) is 24.2 Å². The Kier molecular flexibility index (Phi) is 3.38. The van der Waals surface area contributed by atoms with Gasteiger partial charge < -0.3 is 5.11 Å². The molecule has 1 N–H and O–H groups in total. The lowest BCUT2D eigenvalue weighted by atomic mass is 9.95. The number of rotatable bonds is 0. The molecule has 1 aliphatic heterocycles. The normalized spacial score (nSPS) is 25.9. The zero-order valence-electron chi connectivity index (χ0n) is 8.34. The van der Waals surface area contributed by atoms with Crippen LogP contribution in [0.3, 0.4) is 0 Å². The van der Waals surface area contributed by atoms with E-state index in [1.807, 2.05) is 13.0 Å². The first-order valence-electron chi connectivity index (χ1n) is 4.83. The summed E-state index contributed by atoms with van der Waals surface area (Å²) in [6.45, 7) is 1.99. The Bertz CT molecular complexity index is 383. The summed E-state index contributed by atoms with van der Waals surface area (Å²) in [5.74, 6) is 1.47. The molecular formula is C11H12BrFOS. The number of hydrogen-bond donors (Lipinski definition) is 1. The minimum absolute atomic E-state index is 0.171. The first-order chi connectivity index (χ1) is 7.09. The maximum Gasteiger partial charge on any atom is 0.128 e. The number of fused-ring (bicyclic) bond motifs is 1. The Balaban J connectivity index is 2.53. The number of hydrogen-bond acceptors (Lipinski definition) is 2. The molecule has 2 unspecified atom stereocenters. The second-order valence-electron chi connectivity index (χ2n) is 3.89. The Labute approximate surface area is 101 Å². The SMILES string of the molecule is CC1CSCc2c(F)cc(Br)cc2C1O. The van der Waals surface area contributed by atoms with Gasteiger partial charge in [-0.2, -0.15) is 11.8 Å². The lowest BCUT2D eigenvalue weighted by Gasteiger charge is -2.17. The van der Waals surface area contributed by atoms with E-state index in [0.29, 0.717) is 15.8 Å². The molecule has 0 radical (unpaired) electrons. The number of aliphatic hydroxyl groups excluding tert-OH is 1. The average molecular weight is 291 g/mol. The second-order valence-corrected chi connectivity index (χ2v) is 5.84. The van der Waals surface area contributed by atoms with Gasteiger partial charge in [-0.3, -0.25) is 0 Å². The molecule has 82 valence electrons. The summed E-state index contributed by atoms with van der Waals surface area (Å²) in [6, 6.07) is 3.29. The number of thioether (sulfide) groups is 1. The first-order valence-corrected chi connectivity index (χ1v) is 6.78. The van der Waals surface area contributed by atoms with Crippen LogP contribution in [0.4, 0.5) is 4.39 Å². The van der Waals surface area contributed by atoms with Gasteiger partial charge in [0.2, 0.25) is 0 Å². The lowest BCUT2D eigenvalue weighted by Crippen LogP contribution is -2.11. The van der Waals surface area contributed by atoms with E-state index in [4.69, 9.17) is 0 Å². The maximum absolute atomic E-state index is 13.7. The molecule has 0 fully saturated rings. The topological polar surface area (TPSA) is 20.2 Å². The molecule has 2 rings (SSSR count). The number of aliphatic hydroxyl groups is 1. The molecule has 0 saturated heterocycles. The van der Waals surface area contributed by atoms with Crippen LogP contribution in [0.15, 0.2) is 16.6 Å². The quantitative estimate of drug-likeness (QED) is 0.789. The van der Waals surface area contributed by atoms with Crippen molar-refractivity contribution in [1.29, 1.82) is 0 Å². The van der Waals surface area contributed by atoms with Crippen molar-refractivity contribution in [2.24, 2.45) is 5.92 Å². The molecule has 1 aromatic carbocycles. The smallest absolute Gasteiger partial charge is 0.128 e. The van der Waals surface area contributed by atoms with Crippen LogP contribution in [-0.4, -0.2) is 10.9 Å². The minimum Gasteiger partial charge on any atom is -0.388 e. The molecule has 0 aromatic heterocycles. The zero-order chi connectivity index (χ0) is 11.0. The van der Waals surface area contributed by atoms with E-state index in [0.717, 1.165) is 11.3 Å². The average Bonchev–Trinajstić information content (AvgIpc) is 2.30. The fourth-order valence-electron chi connectivity index (χ4n) is 1.78. The Morgan fingerprint density at radius 1 is 1.53 bits per heavy atom. The largest absolute Gasteiger partial charge is 0.388 e. The van der Waals surface area contributed by atoms with Gasteiger partial charge in [-0.15, -0.1) is 0 Å². The molecule has 1 aromatic rings. The van der Waals surface area contributed by atoms with Crippen molar-refractivity contribution in [3.8, 4) is 0 Å².